The van der Waals surface area contributed by atoms with Crippen LogP contribution in [-0.2, 0) is 24.2 Å². The number of nitrogens with zero attached hydrogens (tertiary/aromatic N) is 2. The zero-order valence-electron chi connectivity index (χ0n) is 12.0. The molecule has 0 bridgehead atoms. The van der Waals surface area contributed by atoms with Gasteiger partial charge in [-0.3, -0.25) is 14.2 Å². The van der Waals surface area contributed by atoms with E-state index in [2.05, 4.69) is 11.6 Å². The smallest absolute Gasteiger partial charge is 0.313 e. The summed E-state index contributed by atoms with van der Waals surface area (Å²) in [6.07, 6.45) is 5.84. The van der Waals surface area contributed by atoms with Crippen LogP contribution in [0, 0.1) is 0 Å². The highest BCUT2D eigenvalue weighted by Crippen LogP contribution is 2.34. The van der Waals surface area contributed by atoms with Crippen molar-refractivity contribution < 1.29 is 9.90 Å². The third-order valence-electron chi connectivity index (χ3n) is 3.68. The molecule has 0 unspecified atom stereocenters. The van der Waals surface area contributed by atoms with Crippen LogP contribution in [0.1, 0.15) is 23.3 Å². The standard InChI is InChI=1S/C15H16N2O3S2/c1-2-7-17-14(20)12-9-5-3-4-6-10(9)22-13(12)16-15(17)21-8-11(18)19/h2H,1,3-8H2,(H,18,19). The maximum atomic E-state index is 12.8. The van der Waals surface area contributed by atoms with E-state index in [1.807, 2.05) is 0 Å². The zero-order chi connectivity index (χ0) is 15.7. The lowest BCUT2D eigenvalue weighted by atomic mass is 9.97. The molecule has 0 radical (unpaired) electrons. The highest BCUT2D eigenvalue weighted by Gasteiger charge is 2.22. The van der Waals surface area contributed by atoms with Crippen molar-refractivity contribution in [1.29, 1.82) is 0 Å². The first-order valence-corrected chi connectivity index (χ1v) is 8.92. The summed E-state index contributed by atoms with van der Waals surface area (Å²) >= 11 is 2.66. The zero-order valence-corrected chi connectivity index (χ0v) is 13.6. The fourth-order valence-electron chi connectivity index (χ4n) is 2.75. The van der Waals surface area contributed by atoms with Crippen LogP contribution >= 0.6 is 23.1 Å². The summed E-state index contributed by atoms with van der Waals surface area (Å²) in [5, 5.41) is 10.0. The van der Waals surface area contributed by atoms with Crippen molar-refractivity contribution in [1.82, 2.24) is 9.55 Å². The van der Waals surface area contributed by atoms with Gasteiger partial charge in [-0.1, -0.05) is 17.8 Å². The Balaban J connectivity index is 2.18. The molecule has 22 heavy (non-hydrogen) atoms. The van der Waals surface area contributed by atoms with E-state index in [4.69, 9.17) is 5.11 Å². The van der Waals surface area contributed by atoms with Gasteiger partial charge in [0, 0.05) is 11.4 Å². The molecule has 0 amide bonds. The summed E-state index contributed by atoms with van der Waals surface area (Å²) in [6.45, 7) is 4.02. The van der Waals surface area contributed by atoms with Crippen LogP contribution < -0.4 is 5.56 Å². The molecule has 1 N–H and O–H groups in total. The van der Waals surface area contributed by atoms with Crippen LogP contribution in [0.2, 0.25) is 0 Å². The average Bonchev–Trinajstić information content (AvgIpc) is 2.86. The van der Waals surface area contributed by atoms with Gasteiger partial charge < -0.3 is 5.11 Å². The summed E-state index contributed by atoms with van der Waals surface area (Å²) in [5.41, 5.74) is 1.08. The van der Waals surface area contributed by atoms with Gasteiger partial charge in [-0.15, -0.1) is 17.9 Å². The minimum absolute atomic E-state index is 0.0720. The van der Waals surface area contributed by atoms with E-state index >= 15 is 0 Å². The molecular formula is C15H16N2O3S2. The molecule has 5 nitrogen and oxygen atoms in total. The SMILES string of the molecule is C=CCn1c(SCC(=O)O)nc2sc3c(c2c1=O)CCCC3. The predicted octanol–water partition coefficient (Wildman–Crippen LogP) is 2.70. The predicted molar refractivity (Wildman–Crippen MR) is 89.1 cm³/mol. The average molecular weight is 336 g/mol. The van der Waals surface area contributed by atoms with E-state index in [0.717, 1.165) is 53.2 Å². The van der Waals surface area contributed by atoms with E-state index in [0.29, 0.717) is 11.7 Å². The second-order valence-electron chi connectivity index (χ2n) is 5.17. The molecule has 0 fully saturated rings. The third kappa shape index (κ3) is 2.70. The van der Waals surface area contributed by atoms with Gasteiger partial charge in [-0.05, 0) is 31.2 Å². The number of aromatic nitrogens is 2. The first-order chi connectivity index (χ1) is 10.6. The van der Waals surface area contributed by atoms with E-state index in [9.17, 15) is 9.59 Å². The van der Waals surface area contributed by atoms with E-state index in [1.54, 1.807) is 17.4 Å². The number of hydrogen-bond donors (Lipinski definition) is 1. The molecule has 0 spiro atoms. The van der Waals surface area contributed by atoms with Gasteiger partial charge in [-0.2, -0.15) is 0 Å². The van der Waals surface area contributed by atoms with Crippen molar-refractivity contribution in [3.63, 3.8) is 0 Å². The van der Waals surface area contributed by atoms with E-state index in [-0.39, 0.29) is 11.3 Å². The molecule has 0 aliphatic heterocycles. The Bertz CT molecular complexity index is 807. The van der Waals surface area contributed by atoms with Gasteiger partial charge in [0.1, 0.15) is 4.83 Å². The quantitative estimate of drug-likeness (QED) is 0.516. The van der Waals surface area contributed by atoms with Gasteiger partial charge in [0.15, 0.2) is 5.16 Å². The number of thiophene rings is 1. The lowest BCUT2D eigenvalue weighted by Crippen LogP contribution is -2.23. The van der Waals surface area contributed by atoms with Gasteiger partial charge in [0.05, 0.1) is 11.1 Å². The lowest BCUT2D eigenvalue weighted by molar-refractivity contribution is -0.133. The molecule has 2 heterocycles. The Hall–Kier alpha value is -1.60. The van der Waals surface area contributed by atoms with Crippen LogP contribution in [0.3, 0.4) is 0 Å². The maximum Gasteiger partial charge on any atom is 0.313 e. The number of carbonyl (C=O) groups is 1. The number of hydrogen-bond acceptors (Lipinski definition) is 5. The van der Waals surface area contributed by atoms with Crippen molar-refractivity contribution in [3.05, 3.63) is 33.4 Å². The lowest BCUT2D eigenvalue weighted by Gasteiger charge is -2.11. The number of carboxylic acids is 1. The number of rotatable bonds is 5. The molecule has 3 rings (SSSR count). The van der Waals surface area contributed by atoms with Crippen molar-refractivity contribution in [2.45, 2.75) is 37.4 Å². The first kappa shape index (κ1) is 15.3. The van der Waals surface area contributed by atoms with Crippen LogP contribution in [0.25, 0.3) is 10.2 Å². The van der Waals surface area contributed by atoms with Crippen molar-refractivity contribution >= 4 is 39.3 Å². The largest absolute Gasteiger partial charge is 0.481 e. The van der Waals surface area contributed by atoms with Gasteiger partial charge in [0.2, 0.25) is 0 Å². The van der Waals surface area contributed by atoms with Crippen molar-refractivity contribution in [2.75, 3.05) is 5.75 Å². The molecule has 2 aromatic rings. The molecular weight excluding hydrogens is 320 g/mol. The summed E-state index contributed by atoms with van der Waals surface area (Å²) in [4.78, 5) is 30.2. The van der Waals surface area contributed by atoms with E-state index < -0.39 is 5.97 Å². The normalized spacial score (nSPS) is 14.0. The Morgan fingerprint density at radius 1 is 1.45 bits per heavy atom. The Labute approximate surface area is 135 Å². The number of aryl methyl sites for hydroxylation is 2. The molecule has 116 valence electrons. The first-order valence-electron chi connectivity index (χ1n) is 7.12. The molecule has 1 aliphatic rings. The van der Waals surface area contributed by atoms with Crippen LogP contribution in [-0.4, -0.2) is 26.4 Å². The van der Waals surface area contributed by atoms with E-state index in [1.165, 1.54) is 9.44 Å². The molecule has 0 saturated heterocycles. The maximum absolute atomic E-state index is 12.8. The van der Waals surface area contributed by atoms with Gasteiger partial charge >= 0.3 is 5.97 Å². The molecule has 0 saturated carbocycles. The fourth-order valence-corrected chi connectivity index (χ4v) is 4.78. The summed E-state index contributed by atoms with van der Waals surface area (Å²) in [6, 6.07) is 0. The van der Waals surface area contributed by atoms with Crippen LogP contribution in [0.5, 0.6) is 0 Å². The molecule has 2 aromatic heterocycles. The minimum Gasteiger partial charge on any atom is -0.481 e. The number of aliphatic carboxylic acids is 1. The summed E-state index contributed by atoms with van der Waals surface area (Å²) in [5.74, 6) is -1.03. The van der Waals surface area contributed by atoms with Crippen molar-refractivity contribution in [2.24, 2.45) is 0 Å². The van der Waals surface area contributed by atoms with Crippen molar-refractivity contribution in [3.8, 4) is 0 Å². The number of thioether (sulfide) groups is 1. The Morgan fingerprint density at radius 3 is 2.95 bits per heavy atom. The topological polar surface area (TPSA) is 72.2 Å². The van der Waals surface area contributed by atoms with Gasteiger partial charge in [0.25, 0.3) is 5.56 Å². The summed E-state index contributed by atoms with van der Waals surface area (Å²) in [7, 11) is 0. The highest BCUT2D eigenvalue weighted by molar-refractivity contribution is 7.99. The number of allylic oxidation sites excluding steroid dienone is 1. The molecule has 7 heteroatoms. The Kier molecular flexibility index (Phi) is 4.35. The summed E-state index contributed by atoms with van der Waals surface area (Å²) < 4.78 is 1.53. The fraction of sp³-hybridized carbons (Fsp3) is 0.400. The highest BCUT2D eigenvalue weighted by atomic mass is 32.2. The second-order valence-corrected chi connectivity index (χ2v) is 7.20. The van der Waals surface area contributed by atoms with Crippen LogP contribution in [0.4, 0.5) is 0 Å². The molecule has 0 atom stereocenters. The molecule has 1 aliphatic carbocycles. The number of carboxylic acid groups (broad SMARTS) is 1. The monoisotopic (exact) mass is 336 g/mol. The second kappa shape index (κ2) is 6.26. The van der Waals surface area contributed by atoms with Gasteiger partial charge in [-0.25, -0.2) is 4.98 Å². The minimum atomic E-state index is -0.921. The van der Waals surface area contributed by atoms with Crippen LogP contribution in [0.15, 0.2) is 22.6 Å². The third-order valence-corrected chi connectivity index (χ3v) is 5.82. The number of fused-ring (bicyclic) bond motifs is 3. The Morgan fingerprint density at radius 2 is 2.23 bits per heavy atom. The molecule has 0 aromatic carbocycles.